The SMILES string of the molecule is CNC(=O)c1cn(-c2cccc(F)c2)c2nc(C)ccc2c1=O. The molecule has 0 unspecified atom stereocenters. The molecule has 0 aliphatic heterocycles. The predicted octanol–water partition coefficient (Wildman–Crippen LogP) is 2.19. The maximum atomic E-state index is 13.6. The first-order chi connectivity index (χ1) is 11.0. The standard InChI is InChI=1S/C17H14FN3O2/c1-10-6-7-13-15(22)14(17(23)19-2)9-21(16(13)20-10)12-5-3-4-11(18)8-12/h3-9H,1-2H3,(H,19,23). The van der Waals surface area contributed by atoms with Crippen LogP contribution in [0.5, 0.6) is 0 Å². The fraction of sp³-hybridized carbons (Fsp3) is 0.118. The molecule has 1 amide bonds. The number of nitrogens with one attached hydrogen (secondary N) is 1. The number of rotatable bonds is 2. The quantitative estimate of drug-likeness (QED) is 0.789. The summed E-state index contributed by atoms with van der Waals surface area (Å²) in [7, 11) is 1.45. The maximum Gasteiger partial charge on any atom is 0.256 e. The Labute approximate surface area is 131 Å². The molecular formula is C17H14FN3O2. The maximum absolute atomic E-state index is 13.6. The molecular weight excluding hydrogens is 297 g/mol. The van der Waals surface area contributed by atoms with Crippen LogP contribution < -0.4 is 10.7 Å². The average molecular weight is 311 g/mol. The molecule has 116 valence electrons. The Hall–Kier alpha value is -3.02. The summed E-state index contributed by atoms with van der Waals surface area (Å²) in [6.45, 7) is 1.80. The minimum absolute atomic E-state index is 0.0186. The number of pyridine rings is 2. The highest BCUT2D eigenvalue weighted by Gasteiger charge is 2.16. The van der Waals surface area contributed by atoms with Gasteiger partial charge >= 0.3 is 0 Å². The molecule has 0 bridgehead atoms. The van der Waals surface area contributed by atoms with E-state index in [4.69, 9.17) is 0 Å². The van der Waals surface area contributed by atoms with E-state index in [1.165, 1.54) is 25.4 Å². The Bertz CT molecular complexity index is 979. The Morgan fingerprint density at radius 2 is 2.04 bits per heavy atom. The van der Waals surface area contributed by atoms with Gasteiger partial charge in [0.25, 0.3) is 5.91 Å². The monoisotopic (exact) mass is 311 g/mol. The second-order valence-corrected chi connectivity index (χ2v) is 5.12. The minimum Gasteiger partial charge on any atom is -0.355 e. The first-order valence-corrected chi connectivity index (χ1v) is 7.02. The molecule has 0 aliphatic rings. The van der Waals surface area contributed by atoms with Gasteiger partial charge in [0.1, 0.15) is 17.0 Å². The van der Waals surface area contributed by atoms with E-state index in [2.05, 4.69) is 10.3 Å². The van der Waals surface area contributed by atoms with Crippen LogP contribution in [0.3, 0.4) is 0 Å². The van der Waals surface area contributed by atoms with Crippen molar-refractivity contribution >= 4 is 16.9 Å². The second kappa shape index (κ2) is 5.64. The molecule has 3 rings (SSSR count). The summed E-state index contributed by atoms with van der Waals surface area (Å²) in [6.07, 6.45) is 1.39. The van der Waals surface area contributed by atoms with Crippen LogP contribution in [-0.4, -0.2) is 22.5 Å². The van der Waals surface area contributed by atoms with E-state index in [-0.39, 0.29) is 5.56 Å². The van der Waals surface area contributed by atoms with Gasteiger partial charge in [-0.2, -0.15) is 0 Å². The second-order valence-electron chi connectivity index (χ2n) is 5.12. The molecule has 2 aromatic heterocycles. The smallest absolute Gasteiger partial charge is 0.256 e. The number of benzene rings is 1. The highest BCUT2D eigenvalue weighted by Crippen LogP contribution is 2.17. The van der Waals surface area contributed by atoms with Crippen molar-refractivity contribution in [2.45, 2.75) is 6.92 Å². The molecule has 2 heterocycles. The molecule has 3 aromatic rings. The summed E-state index contributed by atoms with van der Waals surface area (Å²) in [4.78, 5) is 28.9. The molecule has 0 spiro atoms. The van der Waals surface area contributed by atoms with Crippen molar-refractivity contribution in [2.24, 2.45) is 0 Å². The highest BCUT2D eigenvalue weighted by atomic mass is 19.1. The number of hydrogen-bond donors (Lipinski definition) is 1. The van der Waals surface area contributed by atoms with E-state index in [9.17, 15) is 14.0 Å². The summed E-state index contributed by atoms with van der Waals surface area (Å²) in [5.74, 6) is -0.911. The third-order valence-electron chi connectivity index (χ3n) is 3.55. The van der Waals surface area contributed by atoms with Crippen LogP contribution in [0.25, 0.3) is 16.7 Å². The number of nitrogens with zero attached hydrogens (tertiary/aromatic N) is 2. The zero-order valence-corrected chi connectivity index (χ0v) is 12.6. The zero-order valence-electron chi connectivity index (χ0n) is 12.6. The van der Waals surface area contributed by atoms with E-state index < -0.39 is 17.2 Å². The molecule has 0 radical (unpaired) electrons. The lowest BCUT2D eigenvalue weighted by atomic mass is 10.1. The van der Waals surface area contributed by atoms with E-state index in [1.54, 1.807) is 35.8 Å². The average Bonchev–Trinajstić information content (AvgIpc) is 2.54. The first-order valence-electron chi connectivity index (χ1n) is 7.02. The number of carbonyl (C=O) groups excluding carboxylic acids is 1. The van der Waals surface area contributed by atoms with Crippen LogP contribution in [0.15, 0.2) is 47.4 Å². The Morgan fingerprint density at radius 1 is 1.26 bits per heavy atom. The van der Waals surface area contributed by atoms with Crippen molar-refractivity contribution in [3.05, 3.63) is 69.9 Å². The first kappa shape index (κ1) is 14.9. The number of aryl methyl sites for hydroxylation is 1. The summed E-state index contributed by atoms with van der Waals surface area (Å²) in [5, 5.41) is 2.75. The van der Waals surface area contributed by atoms with Gasteiger partial charge in [-0.1, -0.05) is 6.07 Å². The van der Waals surface area contributed by atoms with Gasteiger partial charge < -0.3 is 9.88 Å². The third kappa shape index (κ3) is 2.59. The summed E-state index contributed by atoms with van der Waals surface area (Å²) in [6, 6.07) is 9.22. The Balaban J connectivity index is 2.43. The number of carbonyl (C=O) groups is 1. The van der Waals surface area contributed by atoms with Crippen molar-refractivity contribution in [1.82, 2.24) is 14.9 Å². The zero-order chi connectivity index (χ0) is 16.6. The van der Waals surface area contributed by atoms with E-state index >= 15 is 0 Å². The fourth-order valence-electron chi connectivity index (χ4n) is 2.42. The van der Waals surface area contributed by atoms with Crippen LogP contribution in [0.2, 0.25) is 0 Å². The highest BCUT2D eigenvalue weighted by molar-refractivity contribution is 5.97. The van der Waals surface area contributed by atoms with Gasteiger partial charge in [0.05, 0.1) is 5.39 Å². The van der Waals surface area contributed by atoms with E-state index in [0.29, 0.717) is 16.7 Å². The lowest BCUT2D eigenvalue weighted by Gasteiger charge is -2.13. The lowest BCUT2D eigenvalue weighted by Crippen LogP contribution is -2.27. The largest absolute Gasteiger partial charge is 0.355 e. The van der Waals surface area contributed by atoms with E-state index in [1.807, 2.05) is 0 Å². The number of hydrogen-bond acceptors (Lipinski definition) is 3. The number of amides is 1. The molecule has 23 heavy (non-hydrogen) atoms. The molecule has 0 fully saturated rings. The van der Waals surface area contributed by atoms with Crippen LogP contribution >= 0.6 is 0 Å². The van der Waals surface area contributed by atoms with Crippen molar-refractivity contribution in [3.63, 3.8) is 0 Å². The van der Waals surface area contributed by atoms with Gasteiger partial charge in [0, 0.05) is 24.6 Å². The molecule has 1 N–H and O–H groups in total. The van der Waals surface area contributed by atoms with Crippen molar-refractivity contribution in [1.29, 1.82) is 0 Å². The van der Waals surface area contributed by atoms with Gasteiger partial charge in [-0.05, 0) is 37.3 Å². The molecule has 0 atom stereocenters. The number of halogens is 1. The van der Waals surface area contributed by atoms with Crippen LogP contribution in [-0.2, 0) is 0 Å². The van der Waals surface area contributed by atoms with Gasteiger partial charge in [-0.3, -0.25) is 9.59 Å². The number of fused-ring (bicyclic) bond motifs is 1. The van der Waals surface area contributed by atoms with Crippen LogP contribution in [0.1, 0.15) is 16.1 Å². The lowest BCUT2D eigenvalue weighted by molar-refractivity contribution is 0.0961. The molecule has 5 nitrogen and oxygen atoms in total. The molecule has 6 heteroatoms. The minimum atomic E-state index is -0.498. The molecule has 0 saturated carbocycles. The third-order valence-corrected chi connectivity index (χ3v) is 3.55. The topological polar surface area (TPSA) is 64.0 Å². The molecule has 1 aromatic carbocycles. The Morgan fingerprint density at radius 3 is 2.74 bits per heavy atom. The predicted molar refractivity (Wildman–Crippen MR) is 85.4 cm³/mol. The van der Waals surface area contributed by atoms with Crippen molar-refractivity contribution in [3.8, 4) is 5.69 Å². The normalized spacial score (nSPS) is 10.7. The van der Waals surface area contributed by atoms with Gasteiger partial charge in [-0.25, -0.2) is 9.37 Å². The van der Waals surface area contributed by atoms with Crippen molar-refractivity contribution < 1.29 is 9.18 Å². The summed E-state index contributed by atoms with van der Waals surface area (Å²) >= 11 is 0. The summed E-state index contributed by atoms with van der Waals surface area (Å²) in [5.41, 5.74) is 1.16. The van der Waals surface area contributed by atoms with Gasteiger partial charge in [-0.15, -0.1) is 0 Å². The molecule has 0 saturated heterocycles. The Kier molecular flexibility index (Phi) is 3.65. The molecule has 0 aliphatic carbocycles. The van der Waals surface area contributed by atoms with Crippen LogP contribution in [0.4, 0.5) is 4.39 Å². The van der Waals surface area contributed by atoms with Crippen molar-refractivity contribution in [2.75, 3.05) is 7.05 Å². The fourth-order valence-corrected chi connectivity index (χ4v) is 2.42. The van der Waals surface area contributed by atoms with Crippen LogP contribution in [0, 0.1) is 12.7 Å². The van der Waals surface area contributed by atoms with Gasteiger partial charge in [0.2, 0.25) is 5.43 Å². The van der Waals surface area contributed by atoms with Gasteiger partial charge in [0.15, 0.2) is 0 Å². The van der Waals surface area contributed by atoms with E-state index in [0.717, 1.165) is 5.69 Å². The number of aromatic nitrogens is 2. The summed E-state index contributed by atoms with van der Waals surface area (Å²) < 4.78 is 15.1.